The SMILES string of the molecule is c1ccc2c(CNCCCC3CCCC3)cncc2c1. The van der Waals surface area contributed by atoms with E-state index < -0.39 is 0 Å². The second-order valence-electron chi connectivity index (χ2n) is 5.99. The Morgan fingerprint density at radius 3 is 2.85 bits per heavy atom. The van der Waals surface area contributed by atoms with Gasteiger partial charge in [0.25, 0.3) is 0 Å². The van der Waals surface area contributed by atoms with Gasteiger partial charge in [0.05, 0.1) is 0 Å². The molecule has 0 unspecified atom stereocenters. The van der Waals surface area contributed by atoms with Crippen molar-refractivity contribution in [3.63, 3.8) is 0 Å². The fourth-order valence-electron chi connectivity index (χ4n) is 3.36. The van der Waals surface area contributed by atoms with Gasteiger partial charge in [0, 0.05) is 24.3 Å². The minimum atomic E-state index is 0.930. The van der Waals surface area contributed by atoms with E-state index in [0.29, 0.717) is 0 Å². The zero-order valence-electron chi connectivity index (χ0n) is 12.1. The van der Waals surface area contributed by atoms with Crippen LogP contribution in [0, 0.1) is 5.92 Å². The number of hydrogen-bond donors (Lipinski definition) is 1. The van der Waals surface area contributed by atoms with Crippen LogP contribution < -0.4 is 5.32 Å². The Hall–Kier alpha value is -1.41. The number of nitrogens with one attached hydrogen (secondary N) is 1. The van der Waals surface area contributed by atoms with Crippen LogP contribution in [0.3, 0.4) is 0 Å². The molecule has 0 spiro atoms. The summed E-state index contributed by atoms with van der Waals surface area (Å²) < 4.78 is 0. The highest BCUT2D eigenvalue weighted by Crippen LogP contribution is 2.28. The fourth-order valence-corrected chi connectivity index (χ4v) is 3.36. The molecule has 2 heteroatoms. The fraction of sp³-hybridized carbons (Fsp3) is 0.500. The van der Waals surface area contributed by atoms with Crippen LogP contribution in [-0.4, -0.2) is 11.5 Å². The van der Waals surface area contributed by atoms with Crippen molar-refractivity contribution in [3.05, 3.63) is 42.2 Å². The molecule has 0 aliphatic heterocycles. The van der Waals surface area contributed by atoms with Gasteiger partial charge >= 0.3 is 0 Å². The normalized spacial score (nSPS) is 16.0. The molecule has 1 fully saturated rings. The quantitative estimate of drug-likeness (QED) is 0.790. The monoisotopic (exact) mass is 268 g/mol. The summed E-state index contributed by atoms with van der Waals surface area (Å²) in [6, 6.07) is 8.49. The average Bonchev–Trinajstić information content (AvgIpc) is 3.00. The van der Waals surface area contributed by atoms with Gasteiger partial charge in [-0.05, 0) is 36.3 Å². The van der Waals surface area contributed by atoms with Gasteiger partial charge in [-0.3, -0.25) is 4.98 Å². The van der Waals surface area contributed by atoms with Crippen molar-refractivity contribution < 1.29 is 0 Å². The first-order valence-electron chi connectivity index (χ1n) is 7.96. The lowest BCUT2D eigenvalue weighted by Gasteiger charge is -2.10. The molecule has 1 aliphatic carbocycles. The summed E-state index contributed by atoms with van der Waals surface area (Å²) in [4.78, 5) is 4.33. The van der Waals surface area contributed by atoms with E-state index in [-0.39, 0.29) is 0 Å². The second-order valence-corrected chi connectivity index (χ2v) is 5.99. The van der Waals surface area contributed by atoms with Crippen LogP contribution in [0.1, 0.15) is 44.1 Å². The molecule has 20 heavy (non-hydrogen) atoms. The van der Waals surface area contributed by atoms with Crippen molar-refractivity contribution in [3.8, 4) is 0 Å². The summed E-state index contributed by atoms with van der Waals surface area (Å²) in [5.41, 5.74) is 1.31. The minimum Gasteiger partial charge on any atom is -0.313 e. The largest absolute Gasteiger partial charge is 0.313 e. The maximum absolute atomic E-state index is 4.33. The van der Waals surface area contributed by atoms with Crippen molar-refractivity contribution >= 4 is 10.8 Å². The molecule has 1 heterocycles. The summed E-state index contributed by atoms with van der Waals surface area (Å²) >= 11 is 0. The molecule has 0 amide bonds. The first-order chi connectivity index (χ1) is 9.93. The number of aromatic nitrogens is 1. The molecule has 1 aromatic carbocycles. The summed E-state index contributed by atoms with van der Waals surface area (Å²) in [5, 5.41) is 6.14. The van der Waals surface area contributed by atoms with Gasteiger partial charge in [0.15, 0.2) is 0 Å². The van der Waals surface area contributed by atoms with E-state index in [2.05, 4.69) is 34.6 Å². The molecule has 0 atom stereocenters. The Balaban J connectivity index is 1.47. The minimum absolute atomic E-state index is 0.930. The molecule has 1 N–H and O–H groups in total. The predicted octanol–water partition coefficient (Wildman–Crippen LogP) is 4.29. The van der Waals surface area contributed by atoms with Crippen LogP contribution in [0.2, 0.25) is 0 Å². The summed E-state index contributed by atoms with van der Waals surface area (Å²) in [6.45, 7) is 2.05. The van der Waals surface area contributed by atoms with Gasteiger partial charge in [-0.1, -0.05) is 49.9 Å². The van der Waals surface area contributed by atoms with E-state index in [1.807, 2.05) is 12.4 Å². The number of nitrogens with zero attached hydrogens (tertiary/aromatic N) is 1. The maximum atomic E-state index is 4.33. The third kappa shape index (κ3) is 3.37. The standard InChI is InChI=1S/C18H24N2/c1-2-7-15(6-1)8-5-11-19-13-17-14-20-12-16-9-3-4-10-18(16)17/h3-4,9-10,12,14-15,19H,1-2,5-8,11,13H2. The van der Waals surface area contributed by atoms with Gasteiger partial charge < -0.3 is 5.32 Å². The van der Waals surface area contributed by atoms with Crippen LogP contribution in [0.5, 0.6) is 0 Å². The summed E-state index contributed by atoms with van der Waals surface area (Å²) in [6.07, 6.45) is 12.5. The molecule has 0 radical (unpaired) electrons. The van der Waals surface area contributed by atoms with Crippen molar-refractivity contribution in [1.82, 2.24) is 10.3 Å². The van der Waals surface area contributed by atoms with E-state index in [0.717, 1.165) is 19.0 Å². The van der Waals surface area contributed by atoms with Gasteiger partial charge in [-0.15, -0.1) is 0 Å². The molecule has 0 saturated heterocycles. The number of benzene rings is 1. The molecule has 1 saturated carbocycles. The molecule has 2 aromatic rings. The predicted molar refractivity (Wildman–Crippen MR) is 84.6 cm³/mol. The molecule has 106 valence electrons. The van der Waals surface area contributed by atoms with Crippen molar-refractivity contribution in [1.29, 1.82) is 0 Å². The summed E-state index contributed by atoms with van der Waals surface area (Å²) in [7, 11) is 0. The zero-order chi connectivity index (χ0) is 13.6. The number of fused-ring (bicyclic) bond motifs is 1. The Labute approximate surface area is 121 Å². The molecule has 1 aromatic heterocycles. The smallest absolute Gasteiger partial charge is 0.0346 e. The maximum Gasteiger partial charge on any atom is 0.0346 e. The number of rotatable bonds is 6. The van der Waals surface area contributed by atoms with Crippen LogP contribution in [0.4, 0.5) is 0 Å². The van der Waals surface area contributed by atoms with Gasteiger partial charge in [0.2, 0.25) is 0 Å². The van der Waals surface area contributed by atoms with Gasteiger partial charge in [-0.2, -0.15) is 0 Å². The molecular formula is C18H24N2. The van der Waals surface area contributed by atoms with Crippen LogP contribution >= 0.6 is 0 Å². The molecule has 2 nitrogen and oxygen atoms in total. The zero-order valence-corrected chi connectivity index (χ0v) is 12.1. The lowest BCUT2D eigenvalue weighted by atomic mass is 10.0. The Morgan fingerprint density at radius 2 is 1.95 bits per heavy atom. The van der Waals surface area contributed by atoms with E-state index in [9.17, 15) is 0 Å². The van der Waals surface area contributed by atoms with E-state index in [1.54, 1.807) is 0 Å². The lowest BCUT2D eigenvalue weighted by molar-refractivity contribution is 0.470. The molecule has 0 bridgehead atoms. The number of hydrogen-bond acceptors (Lipinski definition) is 2. The van der Waals surface area contributed by atoms with E-state index in [1.165, 1.54) is 54.9 Å². The van der Waals surface area contributed by atoms with Gasteiger partial charge in [-0.25, -0.2) is 0 Å². The Kier molecular flexibility index (Phi) is 4.65. The molecular weight excluding hydrogens is 244 g/mol. The molecule has 1 aliphatic rings. The highest BCUT2D eigenvalue weighted by atomic mass is 14.8. The average molecular weight is 268 g/mol. The third-order valence-electron chi connectivity index (χ3n) is 4.51. The van der Waals surface area contributed by atoms with Crippen molar-refractivity contribution in [2.75, 3.05) is 6.54 Å². The third-order valence-corrected chi connectivity index (χ3v) is 4.51. The van der Waals surface area contributed by atoms with Crippen molar-refractivity contribution in [2.24, 2.45) is 5.92 Å². The van der Waals surface area contributed by atoms with Crippen LogP contribution in [-0.2, 0) is 6.54 Å². The lowest BCUT2D eigenvalue weighted by Crippen LogP contribution is -2.15. The molecule has 3 rings (SSSR count). The number of pyridine rings is 1. The van der Waals surface area contributed by atoms with Crippen LogP contribution in [0.15, 0.2) is 36.7 Å². The van der Waals surface area contributed by atoms with Gasteiger partial charge in [0.1, 0.15) is 0 Å². The van der Waals surface area contributed by atoms with E-state index in [4.69, 9.17) is 0 Å². The summed E-state index contributed by atoms with van der Waals surface area (Å²) in [5.74, 6) is 1.01. The van der Waals surface area contributed by atoms with E-state index >= 15 is 0 Å². The first-order valence-corrected chi connectivity index (χ1v) is 7.96. The topological polar surface area (TPSA) is 24.9 Å². The highest BCUT2D eigenvalue weighted by Gasteiger charge is 2.13. The highest BCUT2D eigenvalue weighted by molar-refractivity contribution is 5.84. The Morgan fingerprint density at radius 1 is 1.10 bits per heavy atom. The first kappa shape index (κ1) is 13.6. The van der Waals surface area contributed by atoms with Crippen LogP contribution in [0.25, 0.3) is 10.8 Å². The van der Waals surface area contributed by atoms with Crippen molar-refractivity contribution in [2.45, 2.75) is 45.1 Å². The second kappa shape index (κ2) is 6.85. The Bertz CT molecular complexity index is 539.